The Morgan fingerprint density at radius 2 is 1.66 bits per heavy atom. The van der Waals surface area contributed by atoms with Crippen molar-refractivity contribution in [1.82, 2.24) is 0 Å². The van der Waals surface area contributed by atoms with Crippen molar-refractivity contribution >= 4 is 33.7 Å². The number of nitrogens with zero attached hydrogens (tertiary/aromatic N) is 2. The summed E-state index contributed by atoms with van der Waals surface area (Å²) in [6, 6.07) is 22.0. The van der Waals surface area contributed by atoms with E-state index >= 15 is 0 Å². The van der Waals surface area contributed by atoms with Crippen molar-refractivity contribution in [2.75, 3.05) is 0 Å². The Labute approximate surface area is 191 Å². The number of benzene rings is 3. The van der Waals surface area contributed by atoms with Crippen LogP contribution in [0.3, 0.4) is 0 Å². The smallest absolute Gasteiger partial charge is 0.258 e. The van der Waals surface area contributed by atoms with E-state index in [2.05, 4.69) is 11.0 Å². The second-order valence-electron chi connectivity index (χ2n) is 7.12. The molecule has 0 N–H and O–H groups in total. The van der Waals surface area contributed by atoms with E-state index in [9.17, 15) is 18.5 Å². The van der Waals surface area contributed by atoms with E-state index in [1.54, 1.807) is 30.3 Å². The Morgan fingerprint density at radius 1 is 1.03 bits per heavy atom. The molecule has 164 valence electrons. The minimum atomic E-state index is -3.91. The first-order valence-electron chi connectivity index (χ1n) is 9.74. The molecule has 0 saturated heterocycles. The molecule has 3 aromatic rings. The molecule has 0 radical (unpaired) electrons. The van der Waals surface area contributed by atoms with E-state index < -0.39 is 19.7 Å². The zero-order valence-corrected chi connectivity index (χ0v) is 19.1. The van der Waals surface area contributed by atoms with Crippen LogP contribution in [-0.4, -0.2) is 19.6 Å². The highest BCUT2D eigenvalue weighted by Crippen LogP contribution is 2.44. The van der Waals surface area contributed by atoms with Gasteiger partial charge < -0.3 is 0 Å². The highest BCUT2D eigenvalue weighted by atomic mass is 32.2. The molecule has 0 saturated carbocycles. The molecule has 1 unspecified atom stereocenters. The lowest BCUT2D eigenvalue weighted by atomic mass is 9.96. The van der Waals surface area contributed by atoms with Gasteiger partial charge in [0.15, 0.2) is 0 Å². The highest BCUT2D eigenvalue weighted by Gasteiger charge is 2.32. The Kier molecular flexibility index (Phi) is 7.27. The molecule has 0 amide bonds. The van der Waals surface area contributed by atoms with Crippen molar-refractivity contribution < 1.29 is 13.3 Å². The Morgan fingerprint density at radius 3 is 2.22 bits per heavy atom. The fraction of sp³-hybridized carbons (Fsp3) is 0.125. The Bertz CT molecular complexity index is 1220. The molecule has 0 aliphatic heterocycles. The van der Waals surface area contributed by atoms with Crippen LogP contribution < -0.4 is 0 Å². The number of rotatable bonds is 9. The summed E-state index contributed by atoms with van der Waals surface area (Å²) < 4.78 is 28.9. The number of hydrogen-bond donors (Lipinski definition) is 0. The van der Waals surface area contributed by atoms with Crippen molar-refractivity contribution in [1.29, 1.82) is 0 Å². The molecule has 0 spiro atoms. The number of non-ortho nitro benzene ring substituents is 1. The molecule has 0 aliphatic carbocycles. The number of nitro groups is 1. The molecule has 0 aliphatic rings. The van der Waals surface area contributed by atoms with Gasteiger partial charge in [0, 0.05) is 23.2 Å². The number of sulfonamides is 1. The van der Waals surface area contributed by atoms with E-state index in [0.29, 0.717) is 6.42 Å². The lowest BCUT2D eigenvalue weighted by Gasteiger charge is -2.29. The SMILES string of the molecule is C=CCC(/C=N/S(=O)(=O)c1ccc(C)cc1)(Sc1ccc([N+](=O)[O-])cc1)c1ccccc1. The molecule has 8 heteroatoms. The summed E-state index contributed by atoms with van der Waals surface area (Å²) in [4.78, 5) is 11.4. The highest BCUT2D eigenvalue weighted by molar-refractivity contribution is 8.01. The maximum atomic E-state index is 12.9. The van der Waals surface area contributed by atoms with Gasteiger partial charge in [-0.15, -0.1) is 18.3 Å². The maximum absolute atomic E-state index is 12.9. The molecule has 3 rings (SSSR count). The van der Waals surface area contributed by atoms with Crippen LogP contribution in [0.5, 0.6) is 0 Å². The van der Waals surface area contributed by atoms with Gasteiger partial charge in [-0.25, -0.2) is 0 Å². The van der Waals surface area contributed by atoms with E-state index in [-0.39, 0.29) is 10.6 Å². The van der Waals surface area contributed by atoms with E-state index in [4.69, 9.17) is 0 Å². The third-order valence-electron chi connectivity index (χ3n) is 4.78. The monoisotopic (exact) mass is 466 g/mol. The second kappa shape index (κ2) is 9.93. The van der Waals surface area contributed by atoms with Crippen LogP contribution in [0.2, 0.25) is 0 Å². The summed E-state index contributed by atoms with van der Waals surface area (Å²) in [6.07, 6.45) is 3.53. The van der Waals surface area contributed by atoms with Crippen LogP contribution in [0.1, 0.15) is 17.5 Å². The summed E-state index contributed by atoms with van der Waals surface area (Å²) in [6.45, 7) is 5.73. The minimum absolute atomic E-state index is 0.0148. The molecule has 0 bridgehead atoms. The Hall–Kier alpha value is -3.23. The lowest BCUT2D eigenvalue weighted by Crippen LogP contribution is -2.24. The molecule has 3 aromatic carbocycles. The van der Waals surface area contributed by atoms with Gasteiger partial charge >= 0.3 is 0 Å². The average molecular weight is 467 g/mol. The number of hydrogen-bond acceptors (Lipinski definition) is 5. The predicted molar refractivity (Wildman–Crippen MR) is 129 cm³/mol. The van der Waals surface area contributed by atoms with Crippen LogP contribution in [0.25, 0.3) is 0 Å². The molecule has 0 fully saturated rings. The van der Waals surface area contributed by atoms with Gasteiger partial charge in [-0.2, -0.15) is 12.8 Å². The van der Waals surface area contributed by atoms with E-state index in [0.717, 1.165) is 16.0 Å². The molecule has 6 nitrogen and oxygen atoms in total. The van der Waals surface area contributed by atoms with Gasteiger partial charge in [0.25, 0.3) is 15.7 Å². The lowest BCUT2D eigenvalue weighted by molar-refractivity contribution is -0.384. The average Bonchev–Trinajstić information content (AvgIpc) is 2.79. The molecular weight excluding hydrogens is 444 g/mol. The third-order valence-corrected chi connectivity index (χ3v) is 7.41. The minimum Gasteiger partial charge on any atom is -0.258 e. The first-order valence-corrected chi connectivity index (χ1v) is 12.0. The third kappa shape index (κ3) is 5.52. The fourth-order valence-corrected chi connectivity index (χ4v) is 5.32. The van der Waals surface area contributed by atoms with Crippen molar-refractivity contribution in [2.24, 2.45) is 4.40 Å². The molecular formula is C24H22N2O4S2. The van der Waals surface area contributed by atoms with Crippen molar-refractivity contribution in [2.45, 2.75) is 27.9 Å². The summed E-state index contributed by atoms with van der Waals surface area (Å²) in [5, 5.41) is 11.0. The molecule has 1 atom stereocenters. The van der Waals surface area contributed by atoms with E-state index in [1.807, 2.05) is 37.3 Å². The quantitative estimate of drug-likeness (QED) is 0.128. The second-order valence-corrected chi connectivity index (χ2v) is 10.2. The molecule has 32 heavy (non-hydrogen) atoms. The van der Waals surface area contributed by atoms with Crippen LogP contribution in [0.4, 0.5) is 5.69 Å². The standard InChI is InChI=1S/C24H22N2O4S2/c1-3-17-24(20-7-5-4-6-8-20,31-22-13-11-21(12-14-22)26(27)28)18-25-32(29,30)23-15-9-19(2)10-16-23/h3-16,18H,1,17H2,2H3/b25-18+. The molecule has 0 aromatic heterocycles. The zero-order chi connectivity index (χ0) is 23.2. The largest absolute Gasteiger partial charge is 0.282 e. The van der Waals surface area contributed by atoms with Gasteiger partial charge in [0.1, 0.15) is 0 Å². The summed E-state index contributed by atoms with van der Waals surface area (Å²) >= 11 is 1.36. The summed E-state index contributed by atoms with van der Waals surface area (Å²) in [5.74, 6) is 0. The van der Waals surface area contributed by atoms with Gasteiger partial charge in [-0.1, -0.05) is 54.1 Å². The van der Waals surface area contributed by atoms with Crippen molar-refractivity contribution in [3.05, 3.63) is 113 Å². The molecule has 0 heterocycles. The Balaban J connectivity index is 2.06. The van der Waals surface area contributed by atoms with Crippen molar-refractivity contribution in [3.8, 4) is 0 Å². The number of thioether (sulfide) groups is 1. The topological polar surface area (TPSA) is 89.6 Å². The normalized spacial score (nSPS) is 13.5. The zero-order valence-electron chi connectivity index (χ0n) is 17.4. The predicted octanol–water partition coefficient (Wildman–Crippen LogP) is 5.93. The number of allylic oxidation sites excluding steroid dienone is 1. The fourth-order valence-electron chi connectivity index (χ4n) is 3.08. The van der Waals surface area contributed by atoms with Gasteiger partial charge in [-0.05, 0) is 43.2 Å². The first-order chi connectivity index (χ1) is 15.3. The van der Waals surface area contributed by atoms with Crippen LogP contribution in [-0.2, 0) is 14.8 Å². The van der Waals surface area contributed by atoms with Gasteiger partial charge in [0.2, 0.25) is 0 Å². The summed E-state index contributed by atoms with van der Waals surface area (Å²) in [7, 11) is -3.91. The number of nitro benzene ring substituents is 1. The number of aryl methyl sites for hydroxylation is 1. The summed E-state index contributed by atoms with van der Waals surface area (Å²) in [5.41, 5.74) is 1.78. The maximum Gasteiger partial charge on any atom is 0.282 e. The van der Waals surface area contributed by atoms with Crippen LogP contribution in [0.15, 0.2) is 106 Å². The van der Waals surface area contributed by atoms with Gasteiger partial charge in [-0.3, -0.25) is 10.1 Å². The van der Waals surface area contributed by atoms with Gasteiger partial charge in [0.05, 0.1) is 14.6 Å². The van der Waals surface area contributed by atoms with Crippen LogP contribution >= 0.6 is 11.8 Å². The first kappa shape index (κ1) is 23.4. The van der Waals surface area contributed by atoms with E-state index in [1.165, 1.54) is 42.2 Å². The van der Waals surface area contributed by atoms with Crippen molar-refractivity contribution in [3.63, 3.8) is 0 Å². The van der Waals surface area contributed by atoms with Crippen LogP contribution in [0, 0.1) is 17.0 Å².